The minimum atomic E-state index is -4.34. The summed E-state index contributed by atoms with van der Waals surface area (Å²) < 4.78 is 42.5. The first-order chi connectivity index (χ1) is 16.4. The molecular weight excluding hydrogens is 455 g/mol. The summed E-state index contributed by atoms with van der Waals surface area (Å²) in [6, 6.07) is 6.06. The van der Waals surface area contributed by atoms with Crippen molar-refractivity contribution in [2.75, 3.05) is 20.6 Å². The van der Waals surface area contributed by atoms with Crippen LogP contribution in [0.2, 0.25) is 0 Å². The molecule has 2 aromatic rings. The van der Waals surface area contributed by atoms with Crippen molar-refractivity contribution in [3.05, 3.63) is 41.7 Å². The molecule has 190 valence electrons. The number of hydrogen-bond donors (Lipinski definition) is 2. The Morgan fingerprint density at radius 3 is 2.66 bits per heavy atom. The van der Waals surface area contributed by atoms with E-state index < -0.39 is 22.9 Å². The fraction of sp³-hybridized carbons (Fsp3) is 0.577. The van der Waals surface area contributed by atoms with Crippen LogP contribution in [0, 0.1) is 16.7 Å². The van der Waals surface area contributed by atoms with E-state index in [0.29, 0.717) is 25.1 Å². The molecule has 2 N–H and O–H groups in total. The third kappa shape index (κ3) is 5.29. The van der Waals surface area contributed by atoms with Crippen molar-refractivity contribution in [1.82, 2.24) is 20.4 Å². The molecule has 1 amide bonds. The van der Waals surface area contributed by atoms with Crippen molar-refractivity contribution in [2.45, 2.75) is 58.2 Å². The number of H-pyrrole nitrogens is 1. The molecule has 9 heteroatoms. The lowest BCUT2D eigenvalue weighted by molar-refractivity contribution is -0.212. The van der Waals surface area contributed by atoms with Crippen LogP contribution in [0.25, 0.3) is 10.9 Å². The van der Waals surface area contributed by atoms with Crippen molar-refractivity contribution >= 4 is 23.0 Å². The maximum atomic E-state index is 14.2. The first kappa shape index (κ1) is 25.4. The van der Waals surface area contributed by atoms with Crippen molar-refractivity contribution in [2.24, 2.45) is 21.7 Å². The van der Waals surface area contributed by atoms with Gasteiger partial charge in [0.15, 0.2) is 0 Å². The number of benzene rings is 1. The van der Waals surface area contributed by atoms with Gasteiger partial charge in [0.1, 0.15) is 0 Å². The lowest BCUT2D eigenvalue weighted by Gasteiger charge is -2.42. The molecule has 0 saturated heterocycles. The molecule has 2 aliphatic rings. The zero-order valence-corrected chi connectivity index (χ0v) is 20.7. The Hall–Kier alpha value is -2.68. The Morgan fingerprint density at radius 2 is 2.03 bits per heavy atom. The van der Waals surface area contributed by atoms with Gasteiger partial charge in [-0.05, 0) is 75.7 Å². The van der Waals surface area contributed by atoms with Gasteiger partial charge in [-0.2, -0.15) is 18.3 Å². The number of nitrogens with one attached hydrogen (secondary N) is 2. The van der Waals surface area contributed by atoms with E-state index in [1.807, 2.05) is 44.1 Å². The second kappa shape index (κ2) is 9.41. The van der Waals surface area contributed by atoms with Crippen LogP contribution >= 0.6 is 0 Å². The number of hydrogen-bond acceptors (Lipinski definition) is 4. The summed E-state index contributed by atoms with van der Waals surface area (Å²) in [4.78, 5) is 19.3. The maximum absolute atomic E-state index is 14.2. The topological polar surface area (TPSA) is 73.4 Å². The van der Waals surface area contributed by atoms with E-state index in [2.05, 4.69) is 26.6 Å². The smallest absolute Gasteiger partial charge is 0.355 e. The van der Waals surface area contributed by atoms with Crippen LogP contribution < -0.4 is 5.32 Å². The quantitative estimate of drug-likeness (QED) is 0.527. The number of carbonyl (C=O) groups is 1. The highest BCUT2D eigenvalue weighted by molar-refractivity contribution is 5.78. The zero-order chi connectivity index (χ0) is 25.4. The molecule has 0 spiro atoms. The van der Waals surface area contributed by atoms with Gasteiger partial charge in [-0.3, -0.25) is 14.9 Å². The minimum absolute atomic E-state index is 0.00112. The largest absolute Gasteiger partial charge is 0.394 e. The summed E-state index contributed by atoms with van der Waals surface area (Å²) in [5.74, 6) is -1.17. The fourth-order valence-corrected chi connectivity index (χ4v) is 5.54. The molecule has 1 aliphatic carbocycles. The second-order valence-corrected chi connectivity index (χ2v) is 10.6. The van der Waals surface area contributed by atoms with Gasteiger partial charge in [-0.1, -0.05) is 19.1 Å². The van der Waals surface area contributed by atoms with Crippen LogP contribution in [-0.2, 0) is 11.2 Å². The summed E-state index contributed by atoms with van der Waals surface area (Å²) in [6.07, 6.45) is 2.03. The predicted molar refractivity (Wildman–Crippen MR) is 131 cm³/mol. The number of aromatic amines is 1. The highest BCUT2D eigenvalue weighted by Crippen LogP contribution is 2.67. The van der Waals surface area contributed by atoms with Crippen molar-refractivity contribution < 1.29 is 18.0 Å². The van der Waals surface area contributed by atoms with Crippen LogP contribution in [-0.4, -0.2) is 60.1 Å². The number of likely N-dealkylation sites (N-methyl/N-ethyl adjacent to an activating group) is 1. The first-order valence-corrected chi connectivity index (χ1v) is 12.1. The molecule has 1 saturated carbocycles. The summed E-state index contributed by atoms with van der Waals surface area (Å²) in [5, 5.41) is 10.9. The summed E-state index contributed by atoms with van der Waals surface area (Å²) in [6.45, 7) is 3.98. The molecule has 1 unspecified atom stereocenters. The van der Waals surface area contributed by atoms with E-state index in [-0.39, 0.29) is 31.2 Å². The van der Waals surface area contributed by atoms with Crippen LogP contribution in [0.4, 0.5) is 13.2 Å². The van der Waals surface area contributed by atoms with Crippen molar-refractivity contribution in [1.29, 1.82) is 0 Å². The molecule has 35 heavy (non-hydrogen) atoms. The Kier molecular flexibility index (Phi) is 6.83. The van der Waals surface area contributed by atoms with Crippen LogP contribution in [0.1, 0.15) is 45.1 Å². The summed E-state index contributed by atoms with van der Waals surface area (Å²) >= 11 is 0. The third-order valence-corrected chi connectivity index (χ3v) is 7.81. The van der Waals surface area contributed by atoms with Gasteiger partial charge in [-0.15, -0.1) is 0 Å². The minimum Gasteiger partial charge on any atom is -0.355 e. The average Bonchev–Trinajstić information content (AvgIpc) is 3.45. The number of aliphatic imine (C=N–C) groups is 1. The molecule has 3 atom stereocenters. The number of rotatable bonds is 9. The van der Waals surface area contributed by atoms with E-state index in [4.69, 9.17) is 0 Å². The zero-order valence-electron chi connectivity index (χ0n) is 20.7. The fourth-order valence-electron chi connectivity index (χ4n) is 5.54. The number of amides is 1. The molecule has 0 radical (unpaired) electrons. The monoisotopic (exact) mass is 489 g/mol. The number of allylic oxidation sites excluding steroid dienone is 2. The first-order valence-electron chi connectivity index (χ1n) is 12.1. The van der Waals surface area contributed by atoms with E-state index in [0.717, 1.165) is 16.5 Å². The van der Waals surface area contributed by atoms with E-state index in [1.165, 1.54) is 0 Å². The normalized spacial score (nSPS) is 23.3. The van der Waals surface area contributed by atoms with E-state index in [1.54, 1.807) is 19.3 Å². The molecule has 4 rings (SSSR count). The molecule has 6 nitrogen and oxygen atoms in total. The SMILES string of the molecule is CC1=CC(C)([C@H](CC(=O)NC[C@H](Cc2ccc3[nH]ncc3c2)N(C)C)C2(C(F)(F)F)CC2)CC=N1. The number of carbonyl (C=O) groups excluding carboxylic acids is 1. The number of aromatic nitrogens is 2. The second-order valence-electron chi connectivity index (χ2n) is 10.6. The summed E-state index contributed by atoms with van der Waals surface area (Å²) in [7, 11) is 3.88. The van der Waals surface area contributed by atoms with Crippen molar-refractivity contribution in [3.63, 3.8) is 0 Å². The summed E-state index contributed by atoms with van der Waals surface area (Å²) in [5.41, 5.74) is 0.189. The van der Waals surface area contributed by atoms with Gasteiger partial charge in [0.25, 0.3) is 0 Å². The molecule has 0 bridgehead atoms. The molecule has 1 aromatic carbocycles. The van der Waals surface area contributed by atoms with Gasteiger partial charge in [0.05, 0.1) is 17.1 Å². The highest BCUT2D eigenvalue weighted by Gasteiger charge is 2.69. The average molecular weight is 490 g/mol. The van der Waals surface area contributed by atoms with Gasteiger partial charge < -0.3 is 10.2 Å². The van der Waals surface area contributed by atoms with Crippen LogP contribution in [0.3, 0.4) is 0 Å². The van der Waals surface area contributed by atoms with Gasteiger partial charge in [0.2, 0.25) is 5.91 Å². The predicted octanol–water partition coefficient (Wildman–Crippen LogP) is 4.89. The molecule has 1 aromatic heterocycles. The number of fused-ring (bicyclic) bond motifs is 1. The van der Waals surface area contributed by atoms with E-state index in [9.17, 15) is 18.0 Å². The Balaban J connectivity index is 1.46. The number of halogens is 3. The van der Waals surface area contributed by atoms with Crippen molar-refractivity contribution in [3.8, 4) is 0 Å². The molecular formula is C26H34F3N5O. The van der Waals surface area contributed by atoms with Gasteiger partial charge in [-0.25, -0.2) is 0 Å². The lowest BCUT2D eigenvalue weighted by Crippen LogP contribution is -2.46. The molecule has 2 heterocycles. The van der Waals surface area contributed by atoms with E-state index >= 15 is 0 Å². The molecule has 1 aliphatic heterocycles. The number of nitrogens with zero attached hydrogens (tertiary/aromatic N) is 3. The van der Waals surface area contributed by atoms with Gasteiger partial charge in [0, 0.05) is 36.3 Å². The van der Waals surface area contributed by atoms with Gasteiger partial charge >= 0.3 is 6.18 Å². The Bertz CT molecular complexity index is 1130. The standard InChI is InChI=1S/C26H34F3N5O/c1-17-14-24(2,9-10-30-17)22(25(7-8-25)26(27,28)29)13-23(35)31-16-20(34(3)4)12-18-5-6-21-19(11-18)15-32-33-21/h5-6,10-11,14-15,20,22H,7-9,12-13,16H2,1-4H3,(H,31,35)(H,32,33)/t20-,22-,24?/m0/s1. The maximum Gasteiger partial charge on any atom is 0.394 e. The Morgan fingerprint density at radius 1 is 1.29 bits per heavy atom. The third-order valence-electron chi connectivity index (χ3n) is 7.81. The highest BCUT2D eigenvalue weighted by atomic mass is 19.4. The van der Waals surface area contributed by atoms with Crippen LogP contribution in [0.15, 0.2) is 41.2 Å². The van der Waals surface area contributed by atoms with Crippen LogP contribution in [0.5, 0.6) is 0 Å². The Labute approximate surface area is 204 Å². The molecule has 1 fully saturated rings. The number of alkyl halides is 3. The lowest BCUT2D eigenvalue weighted by atomic mass is 9.64.